The summed E-state index contributed by atoms with van der Waals surface area (Å²) in [4.78, 5) is 28.4. The molecule has 4 bridgehead atoms. The number of benzene rings is 4. The summed E-state index contributed by atoms with van der Waals surface area (Å²) < 4.78 is 43.9. The summed E-state index contributed by atoms with van der Waals surface area (Å²) >= 11 is 0. The van der Waals surface area contributed by atoms with Crippen LogP contribution < -0.4 is 45.7 Å². The third-order valence-electron chi connectivity index (χ3n) is 11.6. The first-order valence-electron chi connectivity index (χ1n) is 19.8. The van der Waals surface area contributed by atoms with Crippen molar-refractivity contribution in [3.05, 3.63) is 112 Å². The van der Waals surface area contributed by atoms with Crippen molar-refractivity contribution in [3.8, 4) is 40.6 Å². The van der Waals surface area contributed by atoms with E-state index in [0.29, 0.717) is 53.7 Å². The molecule has 0 spiro atoms. The van der Waals surface area contributed by atoms with Crippen LogP contribution in [0.15, 0.2) is 83.9 Å². The van der Waals surface area contributed by atoms with E-state index in [1.807, 2.05) is 66.7 Å². The first-order valence-corrected chi connectivity index (χ1v) is 19.8. The molecule has 0 aliphatic carbocycles. The van der Waals surface area contributed by atoms with E-state index in [9.17, 15) is 24.9 Å². The Labute approximate surface area is 348 Å². The number of aliphatic hydroxyl groups is 3. The molecule has 4 aromatic rings. The first-order chi connectivity index (χ1) is 29.5. The number of carboxylic acids is 1. The predicted molar refractivity (Wildman–Crippen MR) is 213 cm³/mol. The van der Waals surface area contributed by atoms with Crippen molar-refractivity contribution in [2.75, 3.05) is 20.3 Å². The summed E-state index contributed by atoms with van der Waals surface area (Å²) in [6.07, 6.45) is -14.0. The lowest BCUT2D eigenvalue weighted by molar-refractivity contribution is -0.291. The zero-order valence-electron chi connectivity index (χ0n) is 32.7. The van der Waals surface area contributed by atoms with Crippen LogP contribution in [0.1, 0.15) is 53.0 Å². The third kappa shape index (κ3) is 7.28. The molecule has 1 fully saturated rings. The van der Waals surface area contributed by atoms with E-state index in [1.54, 1.807) is 19.2 Å². The second-order valence-electron chi connectivity index (χ2n) is 15.3. The van der Waals surface area contributed by atoms with Gasteiger partial charge in [-0.2, -0.15) is 0 Å². The summed E-state index contributed by atoms with van der Waals surface area (Å²) in [6, 6.07) is 24.8. The number of para-hydroxylation sites is 1. The summed E-state index contributed by atoms with van der Waals surface area (Å²) in [5.74, 6) is 5.28. The predicted octanol–water partition coefficient (Wildman–Crippen LogP) is 0.892. The number of aliphatic carboxylic acids is 1. The molecular formula is C45H43N3O13. The van der Waals surface area contributed by atoms with Crippen LogP contribution >= 0.6 is 0 Å². The molecule has 0 unspecified atom stereocenters. The maximum absolute atomic E-state index is 12.4. The van der Waals surface area contributed by atoms with Crippen LogP contribution in [0.2, 0.25) is 0 Å². The Hall–Kier alpha value is -6.19. The highest BCUT2D eigenvalue weighted by Crippen LogP contribution is 2.61. The van der Waals surface area contributed by atoms with Gasteiger partial charge in [0.2, 0.25) is 12.0 Å². The maximum atomic E-state index is 12.4. The average molecular weight is 834 g/mol. The second-order valence-corrected chi connectivity index (χ2v) is 15.3. The van der Waals surface area contributed by atoms with Gasteiger partial charge in [0.05, 0.1) is 43.6 Å². The number of nitrogens with zero attached hydrogens (tertiary/aromatic N) is 1. The van der Waals surface area contributed by atoms with Gasteiger partial charge in [0.1, 0.15) is 54.5 Å². The number of carbonyl (C=O) groups excluding carboxylic acids is 1. The van der Waals surface area contributed by atoms with Crippen molar-refractivity contribution in [2.24, 2.45) is 16.5 Å². The fourth-order valence-corrected chi connectivity index (χ4v) is 8.80. The molecule has 316 valence electrons. The molecule has 0 aromatic heterocycles. The average Bonchev–Trinajstić information content (AvgIpc) is 3.86. The van der Waals surface area contributed by atoms with Crippen LogP contribution in [0.3, 0.4) is 0 Å². The van der Waals surface area contributed by atoms with Crippen LogP contribution in [0.5, 0.6) is 28.7 Å². The van der Waals surface area contributed by atoms with Crippen molar-refractivity contribution >= 4 is 17.5 Å². The van der Waals surface area contributed by atoms with E-state index in [1.165, 1.54) is 0 Å². The van der Waals surface area contributed by atoms with E-state index in [4.69, 9.17) is 54.7 Å². The zero-order chi connectivity index (χ0) is 42.5. The van der Waals surface area contributed by atoms with Gasteiger partial charge in [0.25, 0.3) is 0 Å². The summed E-state index contributed by atoms with van der Waals surface area (Å²) in [5, 5.41) is 44.1. The monoisotopic (exact) mass is 833 g/mol. The number of fused-ring (bicyclic) bond motifs is 3. The van der Waals surface area contributed by atoms with Crippen LogP contribution in [-0.2, 0) is 19.1 Å². The minimum atomic E-state index is -1.90. The molecule has 5 heterocycles. The minimum absolute atomic E-state index is 0.121. The van der Waals surface area contributed by atoms with Crippen LogP contribution in [0.25, 0.3) is 5.57 Å². The van der Waals surface area contributed by atoms with E-state index < -0.39 is 85.4 Å². The number of hydrogen-bond donors (Lipinski definition) is 6. The Morgan fingerprint density at radius 3 is 2.51 bits per heavy atom. The van der Waals surface area contributed by atoms with Crippen LogP contribution in [0.4, 0.5) is 0 Å². The molecule has 0 saturated carbocycles. The molecule has 5 aliphatic heterocycles. The van der Waals surface area contributed by atoms with Gasteiger partial charge in [-0.15, -0.1) is 0 Å². The molecule has 0 radical (unpaired) electrons. The molecule has 1 saturated heterocycles. The number of ether oxygens (including phenoxy) is 7. The van der Waals surface area contributed by atoms with E-state index in [0.717, 1.165) is 27.3 Å². The number of rotatable bonds is 10. The van der Waals surface area contributed by atoms with Crippen LogP contribution in [0, 0.1) is 11.8 Å². The molecule has 0 amide bonds. The summed E-state index contributed by atoms with van der Waals surface area (Å²) in [6.45, 7) is 0.602. The Kier molecular flexibility index (Phi) is 10.8. The van der Waals surface area contributed by atoms with Gasteiger partial charge in [-0.05, 0) is 34.9 Å². The highest BCUT2D eigenvalue weighted by atomic mass is 16.7. The molecule has 5 aliphatic rings. The summed E-state index contributed by atoms with van der Waals surface area (Å²) in [7, 11) is 1.57. The second kappa shape index (κ2) is 16.3. The maximum Gasteiger partial charge on any atom is 0.317 e. The SMILES string of the molecule is COc1ccc2c3c1OCCC#C[C@H](c1ccccc1)[C@H]1Oc4cc(O[C@@H]5O[C@H]([C@H](OC(=O)CC(=O)O)C(N)N)[C@@H](O)[C@H](O)[C@H]5O)cc(C5=c6ccccc6=NC5)c4[C@H](O3)[C@H]21. The van der Waals surface area contributed by atoms with Gasteiger partial charge in [0, 0.05) is 28.8 Å². The number of carbonyl (C=O) groups is 2. The van der Waals surface area contributed by atoms with Gasteiger partial charge >= 0.3 is 11.9 Å². The number of aliphatic hydroxyl groups excluding tert-OH is 3. The Morgan fingerprint density at radius 1 is 0.951 bits per heavy atom. The topological polar surface area (TPSA) is 244 Å². The van der Waals surface area contributed by atoms with Crippen molar-refractivity contribution in [1.82, 2.24) is 0 Å². The van der Waals surface area contributed by atoms with Crippen molar-refractivity contribution in [2.45, 2.75) is 79.9 Å². The molecule has 16 nitrogen and oxygen atoms in total. The quantitative estimate of drug-likeness (QED) is 0.0563. The smallest absolute Gasteiger partial charge is 0.317 e. The lowest BCUT2D eigenvalue weighted by Crippen LogP contribution is -2.66. The van der Waals surface area contributed by atoms with E-state index in [2.05, 4.69) is 11.8 Å². The first kappa shape index (κ1) is 40.2. The molecule has 4 aromatic carbocycles. The van der Waals surface area contributed by atoms with E-state index >= 15 is 0 Å². The van der Waals surface area contributed by atoms with Crippen molar-refractivity contribution in [3.63, 3.8) is 0 Å². The minimum Gasteiger partial charge on any atom is -0.493 e. The van der Waals surface area contributed by atoms with Gasteiger partial charge in [-0.25, -0.2) is 0 Å². The molecule has 9 rings (SSSR count). The number of nitrogens with two attached hydrogens (primary N) is 2. The normalized spacial score (nSPS) is 27.3. The van der Waals surface area contributed by atoms with Crippen LogP contribution in [-0.4, -0.2) is 102 Å². The van der Waals surface area contributed by atoms with Gasteiger partial charge < -0.3 is 65.1 Å². The summed E-state index contributed by atoms with van der Waals surface area (Å²) in [5.41, 5.74) is 15.8. The van der Waals surface area contributed by atoms with E-state index in [-0.39, 0.29) is 5.75 Å². The lowest BCUT2D eigenvalue weighted by atomic mass is 9.75. The van der Waals surface area contributed by atoms with Crippen molar-refractivity contribution in [1.29, 1.82) is 0 Å². The highest BCUT2D eigenvalue weighted by Gasteiger charge is 2.53. The van der Waals surface area contributed by atoms with Crippen molar-refractivity contribution < 1.29 is 63.2 Å². The molecule has 16 heteroatoms. The fourth-order valence-electron chi connectivity index (χ4n) is 8.80. The van der Waals surface area contributed by atoms with Gasteiger partial charge in [-0.1, -0.05) is 66.4 Å². The Morgan fingerprint density at radius 2 is 1.74 bits per heavy atom. The fraction of sp³-hybridized carbons (Fsp3) is 0.356. The number of carboxylic acid groups (broad SMARTS) is 1. The Balaban J connectivity index is 1.19. The lowest BCUT2D eigenvalue weighted by Gasteiger charge is -2.43. The highest BCUT2D eigenvalue weighted by molar-refractivity contribution is 5.90. The number of methoxy groups -OCH3 is 1. The molecular weight excluding hydrogens is 791 g/mol. The zero-order valence-corrected chi connectivity index (χ0v) is 32.7. The number of esters is 1. The van der Waals surface area contributed by atoms with Gasteiger partial charge in [-0.3, -0.25) is 14.6 Å². The number of hydrogen-bond acceptors (Lipinski definition) is 15. The third-order valence-corrected chi connectivity index (χ3v) is 11.6. The Bertz CT molecular complexity index is 2560. The molecule has 61 heavy (non-hydrogen) atoms. The molecule has 8 N–H and O–H groups in total. The standard InChI is InChI=1S/C45H43N3O13/c1-55-29-15-14-25-34-38-23(21-9-3-2-4-10-21)11-7-8-16-56-40(29)39(25)60-41(34)33-26(27-20-48-28-13-6-5-12-24(27)28)17-22(18-30(33)58-38)57-45-37(54)35(52)36(53)42(61-45)43(44(46)47)59-32(51)19-31(49)50/h2-6,9-10,12-15,17-18,23,34-38,41-45,52-54H,8,16,19-20,46-47H2,1H3,(H,49,50)/t23-,34-,35+,36+,37-,38-,41+,42+,43+,45-/m1/s1. The van der Waals surface area contributed by atoms with Gasteiger partial charge in [0.15, 0.2) is 17.6 Å². The largest absolute Gasteiger partial charge is 0.493 e. The molecule has 10 atom stereocenters.